The molecule has 0 aliphatic carbocycles. The van der Waals surface area contributed by atoms with Gasteiger partial charge in [-0.15, -0.1) is 0 Å². The van der Waals surface area contributed by atoms with Crippen molar-refractivity contribution in [2.75, 3.05) is 11.4 Å². The molecule has 0 radical (unpaired) electrons. The number of hydrogen-bond donors (Lipinski definition) is 1. The van der Waals surface area contributed by atoms with E-state index in [1.165, 1.54) is 0 Å². The Morgan fingerprint density at radius 3 is 2.65 bits per heavy atom. The molecular weight excluding hydrogens is 256 g/mol. The minimum Gasteiger partial charge on any atom is -0.347 e. The summed E-state index contributed by atoms with van der Waals surface area (Å²) in [6, 6.07) is 3.84. The van der Waals surface area contributed by atoms with Crippen molar-refractivity contribution in [1.82, 2.24) is 10.3 Å². The summed E-state index contributed by atoms with van der Waals surface area (Å²) in [4.78, 5) is 29.6. The lowest BCUT2D eigenvalue weighted by Crippen LogP contribution is -2.64. The van der Waals surface area contributed by atoms with Crippen molar-refractivity contribution in [3.63, 3.8) is 0 Å². The zero-order valence-electron chi connectivity index (χ0n) is 11.9. The summed E-state index contributed by atoms with van der Waals surface area (Å²) in [6.07, 6.45) is 0. The second-order valence-corrected chi connectivity index (χ2v) is 5.38. The van der Waals surface area contributed by atoms with Crippen LogP contribution in [-0.2, 0) is 9.59 Å². The maximum atomic E-state index is 12.0. The van der Waals surface area contributed by atoms with Gasteiger partial charge in [-0.3, -0.25) is 19.9 Å². The number of nitrogens with zero attached hydrogens (tertiary/aromatic N) is 3. The van der Waals surface area contributed by atoms with Gasteiger partial charge in [-0.1, -0.05) is 0 Å². The SMILES string of the molecule is Cc1cc(N2CC(=O)NC(=O)C2(C)C)c(C#N)c(C)n1. The highest BCUT2D eigenvalue weighted by Crippen LogP contribution is 2.30. The molecule has 6 heteroatoms. The van der Waals surface area contributed by atoms with E-state index in [0.717, 1.165) is 5.69 Å². The number of aromatic nitrogens is 1. The molecule has 1 aromatic rings. The average molecular weight is 272 g/mol. The van der Waals surface area contributed by atoms with Crippen molar-refractivity contribution in [1.29, 1.82) is 5.26 Å². The summed E-state index contributed by atoms with van der Waals surface area (Å²) in [5.74, 6) is -0.741. The standard InChI is InChI=1S/C14H16N4O2/c1-8-5-11(10(6-15)9(2)16-8)18-7-12(19)17-13(20)14(18,3)4/h5H,7H2,1-4H3,(H,17,19,20). The van der Waals surface area contributed by atoms with Crippen LogP contribution in [0.2, 0.25) is 0 Å². The number of nitriles is 1. The Morgan fingerprint density at radius 1 is 1.40 bits per heavy atom. The maximum Gasteiger partial charge on any atom is 0.251 e. The normalized spacial score (nSPS) is 17.6. The van der Waals surface area contributed by atoms with Crippen molar-refractivity contribution in [3.05, 3.63) is 23.0 Å². The van der Waals surface area contributed by atoms with E-state index in [4.69, 9.17) is 0 Å². The fraction of sp³-hybridized carbons (Fsp3) is 0.429. The molecule has 0 unspecified atom stereocenters. The van der Waals surface area contributed by atoms with Crippen LogP contribution in [0.5, 0.6) is 0 Å². The molecular formula is C14H16N4O2. The van der Waals surface area contributed by atoms with E-state index in [0.29, 0.717) is 16.9 Å². The van der Waals surface area contributed by atoms with Gasteiger partial charge in [0.15, 0.2) is 0 Å². The molecule has 0 atom stereocenters. The van der Waals surface area contributed by atoms with Crippen molar-refractivity contribution in [3.8, 4) is 6.07 Å². The summed E-state index contributed by atoms with van der Waals surface area (Å²) in [6.45, 7) is 7.04. The van der Waals surface area contributed by atoms with Gasteiger partial charge in [0, 0.05) is 5.69 Å². The number of carbonyl (C=O) groups excluding carboxylic acids is 2. The number of piperazine rings is 1. The maximum absolute atomic E-state index is 12.0. The second-order valence-electron chi connectivity index (χ2n) is 5.38. The highest BCUT2D eigenvalue weighted by molar-refractivity contribution is 6.07. The molecule has 2 rings (SSSR count). The van der Waals surface area contributed by atoms with E-state index in [-0.39, 0.29) is 18.4 Å². The molecule has 0 bridgehead atoms. The third-order valence-corrected chi connectivity index (χ3v) is 3.50. The van der Waals surface area contributed by atoms with Crippen molar-refractivity contribution in [2.45, 2.75) is 33.2 Å². The predicted octanol–water partition coefficient (Wildman–Crippen LogP) is 0.812. The summed E-state index contributed by atoms with van der Waals surface area (Å²) in [7, 11) is 0. The Morgan fingerprint density at radius 2 is 2.05 bits per heavy atom. The van der Waals surface area contributed by atoms with Gasteiger partial charge in [-0.2, -0.15) is 5.26 Å². The van der Waals surface area contributed by atoms with Gasteiger partial charge < -0.3 is 4.90 Å². The molecule has 2 heterocycles. The van der Waals surface area contributed by atoms with Crippen LogP contribution in [0.25, 0.3) is 0 Å². The zero-order valence-corrected chi connectivity index (χ0v) is 11.9. The minimum absolute atomic E-state index is 0.0380. The minimum atomic E-state index is -0.903. The number of carbonyl (C=O) groups is 2. The Hall–Kier alpha value is -2.42. The lowest BCUT2D eigenvalue weighted by molar-refractivity contribution is -0.135. The van der Waals surface area contributed by atoms with Gasteiger partial charge in [0.25, 0.3) is 5.91 Å². The van der Waals surface area contributed by atoms with Gasteiger partial charge >= 0.3 is 0 Å². The van der Waals surface area contributed by atoms with Gasteiger partial charge in [0.05, 0.1) is 23.5 Å². The smallest absolute Gasteiger partial charge is 0.251 e. The molecule has 1 aliphatic heterocycles. The van der Waals surface area contributed by atoms with Crippen LogP contribution in [0, 0.1) is 25.2 Å². The quantitative estimate of drug-likeness (QED) is 0.765. The monoisotopic (exact) mass is 272 g/mol. The number of aryl methyl sites for hydroxylation is 2. The molecule has 6 nitrogen and oxygen atoms in total. The van der Waals surface area contributed by atoms with Gasteiger partial charge in [0.2, 0.25) is 5.91 Å². The fourth-order valence-electron chi connectivity index (χ4n) is 2.33. The second kappa shape index (κ2) is 4.60. The van der Waals surface area contributed by atoms with Crippen molar-refractivity contribution >= 4 is 17.5 Å². The Labute approximate surface area is 117 Å². The third kappa shape index (κ3) is 2.11. The number of rotatable bonds is 1. The molecule has 1 aromatic heterocycles. The van der Waals surface area contributed by atoms with Crippen LogP contribution >= 0.6 is 0 Å². The van der Waals surface area contributed by atoms with Gasteiger partial charge in [-0.25, -0.2) is 0 Å². The summed E-state index contributed by atoms with van der Waals surface area (Å²) in [5.41, 5.74) is 1.40. The number of imide groups is 1. The molecule has 0 saturated carbocycles. The van der Waals surface area contributed by atoms with Crippen LogP contribution in [-0.4, -0.2) is 28.9 Å². The fourth-order valence-corrected chi connectivity index (χ4v) is 2.33. The van der Waals surface area contributed by atoms with Crippen LogP contribution in [0.3, 0.4) is 0 Å². The highest BCUT2D eigenvalue weighted by atomic mass is 16.2. The Bertz CT molecular complexity index is 643. The van der Waals surface area contributed by atoms with E-state index in [1.54, 1.807) is 31.7 Å². The molecule has 20 heavy (non-hydrogen) atoms. The Balaban J connectivity index is 2.63. The van der Waals surface area contributed by atoms with Crippen LogP contribution in [0.15, 0.2) is 6.07 Å². The molecule has 104 valence electrons. The van der Waals surface area contributed by atoms with Crippen LogP contribution in [0.4, 0.5) is 5.69 Å². The number of nitrogens with one attached hydrogen (secondary N) is 1. The highest BCUT2D eigenvalue weighted by Gasteiger charge is 2.42. The van der Waals surface area contributed by atoms with Crippen molar-refractivity contribution < 1.29 is 9.59 Å². The Kier molecular flexibility index (Phi) is 3.22. The van der Waals surface area contributed by atoms with Crippen molar-refractivity contribution in [2.24, 2.45) is 0 Å². The van der Waals surface area contributed by atoms with E-state index < -0.39 is 5.54 Å². The molecule has 1 N–H and O–H groups in total. The third-order valence-electron chi connectivity index (χ3n) is 3.50. The summed E-state index contributed by atoms with van der Waals surface area (Å²) >= 11 is 0. The predicted molar refractivity (Wildman–Crippen MR) is 73.0 cm³/mol. The number of amides is 2. The molecule has 0 aromatic carbocycles. The zero-order chi connectivity index (χ0) is 15.1. The summed E-state index contributed by atoms with van der Waals surface area (Å²) in [5, 5.41) is 11.6. The lowest BCUT2D eigenvalue weighted by Gasteiger charge is -2.42. The molecule has 2 amide bonds. The lowest BCUT2D eigenvalue weighted by atomic mass is 9.96. The van der Waals surface area contributed by atoms with Gasteiger partial charge in [-0.05, 0) is 33.8 Å². The first-order valence-corrected chi connectivity index (χ1v) is 6.27. The largest absolute Gasteiger partial charge is 0.347 e. The molecule has 1 aliphatic rings. The average Bonchev–Trinajstić information content (AvgIpc) is 2.33. The number of hydrogen-bond acceptors (Lipinski definition) is 5. The summed E-state index contributed by atoms with van der Waals surface area (Å²) < 4.78 is 0. The first-order chi connectivity index (χ1) is 9.27. The van der Waals surface area contributed by atoms with E-state index in [2.05, 4.69) is 16.4 Å². The first-order valence-electron chi connectivity index (χ1n) is 6.27. The van der Waals surface area contributed by atoms with E-state index >= 15 is 0 Å². The van der Waals surface area contributed by atoms with Crippen LogP contribution < -0.4 is 10.2 Å². The van der Waals surface area contributed by atoms with E-state index in [1.807, 2.05) is 6.92 Å². The first kappa shape index (κ1) is 14.0. The van der Waals surface area contributed by atoms with E-state index in [9.17, 15) is 14.9 Å². The van der Waals surface area contributed by atoms with Gasteiger partial charge in [0.1, 0.15) is 11.6 Å². The molecule has 0 spiro atoms. The number of pyridine rings is 1. The topological polar surface area (TPSA) is 86.1 Å². The number of anilines is 1. The molecule has 1 saturated heterocycles. The van der Waals surface area contributed by atoms with Crippen LogP contribution in [0.1, 0.15) is 30.8 Å². The molecule has 1 fully saturated rings.